The third-order valence-electron chi connectivity index (χ3n) is 3.56. The van der Waals surface area contributed by atoms with Crippen LogP contribution < -0.4 is 10.1 Å². The van der Waals surface area contributed by atoms with Crippen molar-refractivity contribution in [2.75, 3.05) is 0 Å². The maximum atomic E-state index is 5.81. The van der Waals surface area contributed by atoms with Gasteiger partial charge >= 0.3 is 6.08 Å². The highest BCUT2D eigenvalue weighted by atomic mass is 16.6. The van der Waals surface area contributed by atoms with Gasteiger partial charge < -0.3 is 14.5 Å². The molecule has 0 bridgehead atoms. The summed E-state index contributed by atoms with van der Waals surface area (Å²) in [5.41, 5.74) is 0.980. The molecule has 0 saturated heterocycles. The Morgan fingerprint density at radius 2 is 2.00 bits per heavy atom. The Bertz CT molecular complexity index is 387. The number of hydrogen-bond donors (Lipinski definition) is 1. The second kappa shape index (κ2) is 5.95. The van der Waals surface area contributed by atoms with E-state index in [-0.39, 0.29) is 11.6 Å². The Hall–Kier alpha value is -1.03. The van der Waals surface area contributed by atoms with Gasteiger partial charge in [-0.1, -0.05) is 6.92 Å². The second-order valence-corrected chi connectivity index (χ2v) is 6.71. The van der Waals surface area contributed by atoms with Crippen molar-refractivity contribution in [2.24, 2.45) is 5.92 Å². The number of rotatable bonds is 4. The van der Waals surface area contributed by atoms with E-state index in [0.717, 1.165) is 24.5 Å². The number of nitrogens with one attached hydrogen (secondary N) is 1. The van der Waals surface area contributed by atoms with Gasteiger partial charge in [0.1, 0.15) is 12.4 Å². The van der Waals surface area contributed by atoms with Crippen LogP contribution in [0, 0.1) is 5.92 Å². The summed E-state index contributed by atoms with van der Waals surface area (Å²) in [6, 6.07) is 0. The van der Waals surface area contributed by atoms with Gasteiger partial charge in [0, 0.05) is 12.1 Å². The Morgan fingerprint density at radius 1 is 1.32 bits per heavy atom. The van der Waals surface area contributed by atoms with Crippen LogP contribution in [0.25, 0.3) is 0 Å². The zero-order valence-corrected chi connectivity index (χ0v) is 12.5. The first kappa shape index (κ1) is 14.4. The molecule has 0 radical (unpaired) electrons. The van der Waals surface area contributed by atoms with Crippen LogP contribution in [0.1, 0.15) is 59.1 Å². The van der Waals surface area contributed by atoms with Gasteiger partial charge in [0.25, 0.3) is 0 Å². The third kappa shape index (κ3) is 4.86. The minimum atomic E-state index is 0.0828. The van der Waals surface area contributed by atoms with Crippen LogP contribution in [0.3, 0.4) is 0 Å². The van der Waals surface area contributed by atoms with Gasteiger partial charge in [0.05, 0.1) is 5.69 Å². The summed E-state index contributed by atoms with van der Waals surface area (Å²) >= 11 is 0. The molecular formula is C15H26N2O2. The van der Waals surface area contributed by atoms with E-state index < -0.39 is 0 Å². The van der Waals surface area contributed by atoms with Gasteiger partial charge in [0.2, 0.25) is 0 Å². The van der Waals surface area contributed by atoms with Crippen LogP contribution in [-0.2, 0) is 6.54 Å². The molecule has 19 heavy (non-hydrogen) atoms. The van der Waals surface area contributed by atoms with Gasteiger partial charge in [-0.05, 0) is 52.4 Å². The molecule has 4 nitrogen and oxygen atoms in total. The highest BCUT2D eigenvalue weighted by Crippen LogP contribution is 2.26. The molecule has 1 N–H and O–H groups in total. The Kier molecular flexibility index (Phi) is 4.50. The van der Waals surface area contributed by atoms with Gasteiger partial charge in [0.15, 0.2) is 0 Å². The summed E-state index contributed by atoms with van der Waals surface area (Å²) in [4.78, 5) is 4.38. The smallest absolute Gasteiger partial charge is 0.394 e. The van der Waals surface area contributed by atoms with Gasteiger partial charge in [-0.2, -0.15) is 4.98 Å². The molecule has 1 saturated carbocycles. The number of ether oxygens (including phenoxy) is 1. The predicted molar refractivity (Wildman–Crippen MR) is 75.1 cm³/mol. The van der Waals surface area contributed by atoms with E-state index in [2.05, 4.69) is 38.0 Å². The molecule has 1 fully saturated rings. The minimum Gasteiger partial charge on any atom is -0.447 e. The van der Waals surface area contributed by atoms with E-state index >= 15 is 0 Å². The summed E-state index contributed by atoms with van der Waals surface area (Å²) < 4.78 is 11.2. The van der Waals surface area contributed by atoms with Crippen LogP contribution in [-0.4, -0.2) is 16.6 Å². The minimum absolute atomic E-state index is 0.0828. The highest BCUT2D eigenvalue weighted by Gasteiger charge is 2.21. The molecule has 0 spiro atoms. The lowest BCUT2D eigenvalue weighted by Crippen LogP contribution is -2.35. The molecule has 1 heterocycles. The van der Waals surface area contributed by atoms with Crippen molar-refractivity contribution < 1.29 is 9.15 Å². The van der Waals surface area contributed by atoms with E-state index in [1.807, 2.05) is 0 Å². The molecule has 1 aromatic heterocycles. The van der Waals surface area contributed by atoms with Gasteiger partial charge in [-0.3, -0.25) is 0 Å². The molecule has 0 unspecified atom stereocenters. The fraction of sp³-hybridized carbons (Fsp3) is 0.800. The number of aromatic nitrogens is 1. The van der Waals surface area contributed by atoms with E-state index in [1.165, 1.54) is 12.8 Å². The lowest BCUT2D eigenvalue weighted by molar-refractivity contribution is 0.0990. The molecule has 0 aliphatic heterocycles. The zero-order valence-electron chi connectivity index (χ0n) is 12.5. The largest absolute Gasteiger partial charge is 0.447 e. The molecule has 1 aliphatic carbocycles. The van der Waals surface area contributed by atoms with Crippen molar-refractivity contribution in [1.29, 1.82) is 0 Å². The van der Waals surface area contributed by atoms with Crippen molar-refractivity contribution in [3.05, 3.63) is 12.0 Å². The zero-order chi connectivity index (χ0) is 13.9. The molecular weight excluding hydrogens is 240 g/mol. The standard InChI is InChI=1S/C15H26N2O2/c1-11-5-7-13(8-6-11)19-14-17-12(10-18-14)9-16-15(2,3)4/h10-11,13,16H,5-9H2,1-4H3. The van der Waals surface area contributed by atoms with Crippen LogP contribution in [0.4, 0.5) is 0 Å². The van der Waals surface area contributed by atoms with E-state index in [1.54, 1.807) is 6.26 Å². The average Bonchev–Trinajstić information content (AvgIpc) is 2.77. The van der Waals surface area contributed by atoms with Gasteiger partial charge in [-0.15, -0.1) is 0 Å². The summed E-state index contributed by atoms with van der Waals surface area (Å²) in [7, 11) is 0. The molecule has 0 atom stereocenters. The third-order valence-corrected chi connectivity index (χ3v) is 3.56. The van der Waals surface area contributed by atoms with Crippen LogP contribution in [0.5, 0.6) is 6.08 Å². The summed E-state index contributed by atoms with van der Waals surface area (Å²) in [5, 5.41) is 3.38. The van der Waals surface area contributed by atoms with Crippen LogP contribution in [0.2, 0.25) is 0 Å². The first-order chi connectivity index (χ1) is 8.92. The predicted octanol–water partition coefficient (Wildman–Crippen LogP) is 3.52. The van der Waals surface area contributed by atoms with Crippen molar-refractivity contribution in [1.82, 2.24) is 10.3 Å². The topological polar surface area (TPSA) is 47.3 Å². The summed E-state index contributed by atoms with van der Waals surface area (Å²) in [6.07, 6.45) is 7.08. The van der Waals surface area contributed by atoms with Crippen LogP contribution in [0.15, 0.2) is 10.7 Å². The van der Waals surface area contributed by atoms with Crippen molar-refractivity contribution in [3.63, 3.8) is 0 Å². The molecule has 0 aromatic carbocycles. The van der Waals surface area contributed by atoms with Crippen molar-refractivity contribution >= 4 is 0 Å². The Balaban J connectivity index is 1.80. The normalized spacial score (nSPS) is 24.4. The first-order valence-corrected chi connectivity index (χ1v) is 7.28. The summed E-state index contributed by atoms with van der Waals surface area (Å²) in [5.74, 6) is 0.830. The van der Waals surface area contributed by atoms with E-state index in [4.69, 9.17) is 9.15 Å². The molecule has 0 amide bonds. The van der Waals surface area contributed by atoms with Crippen molar-refractivity contribution in [2.45, 2.75) is 71.6 Å². The fourth-order valence-electron chi connectivity index (χ4n) is 2.27. The fourth-order valence-corrected chi connectivity index (χ4v) is 2.27. The lowest BCUT2D eigenvalue weighted by atomic mass is 9.89. The molecule has 1 aliphatic rings. The molecule has 4 heteroatoms. The molecule has 2 rings (SSSR count). The maximum absolute atomic E-state index is 5.81. The highest BCUT2D eigenvalue weighted by molar-refractivity contribution is 5.00. The molecule has 1 aromatic rings. The monoisotopic (exact) mass is 266 g/mol. The first-order valence-electron chi connectivity index (χ1n) is 7.28. The van der Waals surface area contributed by atoms with E-state index in [0.29, 0.717) is 12.6 Å². The number of nitrogens with zero attached hydrogens (tertiary/aromatic N) is 1. The summed E-state index contributed by atoms with van der Waals surface area (Å²) in [6.45, 7) is 9.41. The SMILES string of the molecule is CC1CCC(Oc2nc(CNC(C)(C)C)co2)CC1. The lowest BCUT2D eigenvalue weighted by Gasteiger charge is -2.25. The number of hydrogen-bond acceptors (Lipinski definition) is 4. The second-order valence-electron chi connectivity index (χ2n) is 6.71. The average molecular weight is 266 g/mol. The number of oxazole rings is 1. The Labute approximate surface area is 115 Å². The van der Waals surface area contributed by atoms with Gasteiger partial charge in [-0.25, -0.2) is 0 Å². The van der Waals surface area contributed by atoms with E-state index in [9.17, 15) is 0 Å². The maximum Gasteiger partial charge on any atom is 0.394 e. The Morgan fingerprint density at radius 3 is 2.63 bits per heavy atom. The van der Waals surface area contributed by atoms with Crippen molar-refractivity contribution in [3.8, 4) is 6.08 Å². The van der Waals surface area contributed by atoms with Crippen LogP contribution >= 0.6 is 0 Å². The molecule has 108 valence electrons. The quantitative estimate of drug-likeness (QED) is 0.905.